The van der Waals surface area contributed by atoms with E-state index in [-0.39, 0.29) is 11.8 Å². The molecule has 2 saturated carbocycles. The molecule has 1 amide bonds. The maximum Gasteiger partial charge on any atom is 0.223 e. The highest BCUT2D eigenvalue weighted by molar-refractivity contribution is 7.71. The van der Waals surface area contributed by atoms with Crippen LogP contribution in [0.15, 0.2) is 0 Å². The van der Waals surface area contributed by atoms with Crippen LogP contribution in [0.5, 0.6) is 0 Å². The van der Waals surface area contributed by atoms with E-state index in [1.54, 1.807) is 0 Å². The molecule has 0 saturated heterocycles. The van der Waals surface area contributed by atoms with E-state index in [1.807, 2.05) is 0 Å². The highest BCUT2D eigenvalue weighted by atomic mass is 32.1. The monoisotopic (exact) mass is 308 g/mol. The third-order valence-electron chi connectivity index (χ3n) is 4.56. The van der Waals surface area contributed by atoms with E-state index < -0.39 is 0 Å². The molecule has 21 heavy (non-hydrogen) atoms. The number of carbonyl (C=O) groups excluding carboxylic acids is 1. The van der Waals surface area contributed by atoms with E-state index in [2.05, 4.69) is 20.1 Å². The number of H-pyrrole nitrogens is 1. The number of nitrogens with one attached hydrogen (secondary N) is 2. The molecule has 0 unspecified atom stereocenters. The Morgan fingerprint density at radius 1 is 1.24 bits per heavy atom. The third-order valence-corrected chi connectivity index (χ3v) is 4.85. The zero-order valence-electron chi connectivity index (χ0n) is 12.4. The lowest BCUT2D eigenvalue weighted by atomic mass is 9.99. The maximum absolute atomic E-state index is 12.2. The minimum atomic E-state index is 0.219. The molecule has 2 N–H and O–H groups in total. The Kier molecular flexibility index (Phi) is 4.73. The second-order valence-electron chi connectivity index (χ2n) is 6.28. The molecule has 0 radical (unpaired) electrons. The quantitative estimate of drug-likeness (QED) is 0.649. The number of aromatic amines is 1. The summed E-state index contributed by atoms with van der Waals surface area (Å²) in [6.45, 7) is 0.654. The van der Waals surface area contributed by atoms with Crippen molar-refractivity contribution in [1.29, 1.82) is 0 Å². The van der Waals surface area contributed by atoms with Gasteiger partial charge in [-0.25, -0.2) is 0 Å². The normalized spacial score (nSPS) is 20.2. The first-order chi connectivity index (χ1) is 10.3. The van der Waals surface area contributed by atoms with Gasteiger partial charge in [-0.1, -0.05) is 25.7 Å². The van der Waals surface area contributed by atoms with E-state index in [4.69, 9.17) is 12.2 Å². The van der Waals surface area contributed by atoms with Crippen molar-refractivity contribution >= 4 is 18.1 Å². The van der Waals surface area contributed by atoms with Gasteiger partial charge in [-0.15, -0.1) is 0 Å². The molecule has 6 heteroatoms. The van der Waals surface area contributed by atoms with Gasteiger partial charge in [0.25, 0.3) is 0 Å². The van der Waals surface area contributed by atoms with Crippen molar-refractivity contribution in [3.05, 3.63) is 10.6 Å². The largest absolute Gasteiger partial charge is 0.355 e. The van der Waals surface area contributed by atoms with Crippen molar-refractivity contribution in [3.63, 3.8) is 0 Å². The second kappa shape index (κ2) is 6.73. The van der Waals surface area contributed by atoms with Gasteiger partial charge >= 0.3 is 0 Å². The fraction of sp³-hybridized carbons (Fsp3) is 0.800. The molecule has 0 spiro atoms. The minimum Gasteiger partial charge on any atom is -0.355 e. The SMILES string of the molecule is O=C(NCCc1n[nH]c(=S)n1C1CC1)C1CCCCCC1. The molecule has 3 rings (SSSR count). The van der Waals surface area contributed by atoms with Crippen molar-refractivity contribution in [1.82, 2.24) is 20.1 Å². The van der Waals surface area contributed by atoms with Crippen LogP contribution in [-0.4, -0.2) is 27.2 Å². The maximum atomic E-state index is 12.2. The minimum absolute atomic E-state index is 0.219. The second-order valence-corrected chi connectivity index (χ2v) is 6.66. The lowest BCUT2D eigenvalue weighted by Crippen LogP contribution is -2.32. The summed E-state index contributed by atoms with van der Waals surface area (Å²) in [5.74, 6) is 1.42. The molecule has 0 aliphatic heterocycles. The van der Waals surface area contributed by atoms with Gasteiger partial charge in [0.05, 0.1) is 0 Å². The summed E-state index contributed by atoms with van der Waals surface area (Å²) in [6.07, 6.45) is 10.2. The van der Waals surface area contributed by atoms with Gasteiger partial charge < -0.3 is 9.88 Å². The summed E-state index contributed by atoms with van der Waals surface area (Å²) >= 11 is 5.27. The van der Waals surface area contributed by atoms with Crippen LogP contribution in [0.3, 0.4) is 0 Å². The summed E-state index contributed by atoms with van der Waals surface area (Å²) in [5.41, 5.74) is 0. The molecular formula is C15H24N4OS. The summed E-state index contributed by atoms with van der Waals surface area (Å²) in [6, 6.07) is 0.531. The highest BCUT2D eigenvalue weighted by Gasteiger charge is 2.27. The zero-order chi connectivity index (χ0) is 14.7. The molecule has 0 bridgehead atoms. The van der Waals surface area contributed by atoms with E-state index >= 15 is 0 Å². The molecule has 2 aliphatic carbocycles. The van der Waals surface area contributed by atoms with Gasteiger partial charge in [-0.3, -0.25) is 9.89 Å². The van der Waals surface area contributed by atoms with Gasteiger partial charge in [0.2, 0.25) is 5.91 Å². The van der Waals surface area contributed by atoms with Crippen molar-refractivity contribution in [2.45, 2.75) is 63.8 Å². The molecule has 1 aromatic rings. The molecule has 0 aromatic carbocycles. The molecular weight excluding hydrogens is 284 g/mol. The fourth-order valence-corrected chi connectivity index (χ4v) is 3.51. The average molecular weight is 308 g/mol. The van der Waals surface area contributed by atoms with Crippen LogP contribution >= 0.6 is 12.2 Å². The number of amides is 1. The first-order valence-electron chi connectivity index (χ1n) is 8.19. The van der Waals surface area contributed by atoms with Crippen LogP contribution in [0, 0.1) is 10.7 Å². The molecule has 0 atom stereocenters. The molecule has 116 valence electrons. The Morgan fingerprint density at radius 2 is 1.95 bits per heavy atom. The Bertz CT molecular complexity index is 538. The van der Waals surface area contributed by atoms with E-state index in [0.29, 0.717) is 17.4 Å². The summed E-state index contributed by atoms with van der Waals surface area (Å²) in [4.78, 5) is 12.2. The zero-order valence-corrected chi connectivity index (χ0v) is 13.3. The van der Waals surface area contributed by atoms with E-state index in [1.165, 1.54) is 38.5 Å². The topological polar surface area (TPSA) is 62.7 Å². The van der Waals surface area contributed by atoms with E-state index in [0.717, 1.165) is 25.1 Å². The number of rotatable bonds is 5. The number of hydrogen-bond donors (Lipinski definition) is 2. The van der Waals surface area contributed by atoms with Gasteiger partial charge in [-0.05, 0) is 37.9 Å². The Hall–Kier alpha value is -1.17. The highest BCUT2D eigenvalue weighted by Crippen LogP contribution is 2.35. The van der Waals surface area contributed by atoms with E-state index in [9.17, 15) is 4.79 Å². The third kappa shape index (κ3) is 3.73. The first kappa shape index (κ1) is 14.8. The molecule has 5 nitrogen and oxygen atoms in total. The Balaban J connectivity index is 1.49. The van der Waals surface area contributed by atoms with Gasteiger partial charge in [-0.2, -0.15) is 5.10 Å². The smallest absolute Gasteiger partial charge is 0.223 e. The van der Waals surface area contributed by atoms with Crippen LogP contribution in [0.1, 0.15) is 63.2 Å². The van der Waals surface area contributed by atoms with Gasteiger partial charge in [0.1, 0.15) is 5.82 Å². The fourth-order valence-electron chi connectivity index (χ4n) is 3.21. The van der Waals surface area contributed by atoms with Gasteiger partial charge in [0, 0.05) is 24.9 Å². The Morgan fingerprint density at radius 3 is 2.62 bits per heavy atom. The van der Waals surface area contributed by atoms with Crippen LogP contribution in [0.2, 0.25) is 0 Å². The van der Waals surface area contributed by atoms with Gasteiger partial charge in [0.15, 0.2) is 4.77 Å². The van der Waals surface area contributed by atoms with Crippen LogP contribution in [0.4, 0.5) is 0 Å². The predicted molar refractivity (Wildman–Crippen MR) is 83.6 cm³/mol. The molecule has 2 fully saturated rings. The number of carbonyl (C=O) groups is 1. The lowest BCUT2D eigenvalue weighted by Gasteiger charge is -2.14. The van der Waals surface area contributed by atoms with Crippen LogP contribution in [-0.2, 0) is 11.2 Å². The average Bonchev–Trinajstić information content (AvgIpc) is 3.27. The predicted octanol–water partition coefficient (Wildman–Crippen LogP) is 2.90. The summed E-state index contributed by atoms with van der Waals surface area (Å²) in [5, 5.41) is 10.3. The number of aromatic nitrogens is 3. The first-order valence-corrected chi connectivity index (χ1v) is 8.60. The summed E-state index contributed by atoms with van der Waals surface area (Å²) < 4.78 is 2.83. The van der Waals surface area contributed by atoms with Crippen LogP contribution < -0.4 is 5.32 Å². The molecule has 1 aromatic heterocycles. The lowest BCUT2D eigenvalue weighted by molar-refractivity contribution is -0.125. The number of nitrogens with zero attached hydrogens (tertiary/aromatic N) is 2. The van der Waals surface area contributed by atoms with Crippen LogP contribution in [0.25, 0.3) is 0 Å². The van der Waals surface area contributed by atoms with Crippen molar-refractivity contribution in [3.8, 4) is 0 Å². The molecule has 2 aliphatic rings. The van der Waals surface area contributed by atoms with Crippen molar-refractivity contribution in [2.24, 2.45) is 5.92 Å². The van der Waals surface area contributed by atoms with Crippen molar-refractivity contribution in [2.75, 3.05) is 6.54 Å². The molecule has 1 heterocycles. The Labute approximate surface area is 130 Å². The standard InChI is InChI=1S/C15H24N4OS/c20-14(11-5-3-1-2-4-6-11)16-10-9-13-17-18-15(21)19(13)12-7-8-12/h11-12H,1-10H2,(H,16,20)(H,18,21). The summed E-state index contributed by atoms with van der Waals surface area (Å²) in [7, 11) is 0. The number of hydrogen-bond acceptors (Lipinski definition) is 3. The van der Waals surface area contributed by atoms with Crippen molar-refractivity contribution < 1.29 is 4.79 Å².